The topological polar surface area (TPSA) is 113 Å². The number of esters is 1. The van der Waals surface area contributed by atoms with Crippen molar-refractivity contribution in [3.8, 4) is 17.8 Å². The summed E-state index contributed by atoms with van der Waals surface area (Å²) in [6.45, 7) is 1.82. The summed E-state index contributed by atoms with van der Waals surface area (Å²) in [5, 5.41) is 27.2. The molecule has 0 aliphatic heterocycles. The standard InChI is InChI=1S/C8H10N2O5/c1-2-15-5(11)3-4-6(12)9-8(14)10-7(4)13/h2-3H2,1H3,(H3,9,10,12,13,14). The minimum absolute atomic E-state index is 0.175. The Kier molecular flexibility index (Phi) is 3.27. The third-order valence-electron chi connectivity index (χ3n) is 1.58. The molecule has 0 aliphatic rings. The number of hydrogen-bond acceptors (Lipinski definition) is 7. The van der Waals surface area contributed by atoms with Crippen LogP contribution in [0.5, 0.6) is 17.8 Å². The number of carbonyl (C=O) groups excluding carboxylic acids is 1. The summed E-state index contributed by atoms with van der Waals surface area (Å²) in [7, 11) is 0. The van der Waals surface area contributed by atoms with Crippen LogP contribution in [0.1, 0.15) is 12.5 Å². The number of aromatic hydroxyl groups is 3. The third kappa shape index (κ3) is 2.70. The average Bonchev–Trinajstić information content (AvgIpc) is 2.11. The normalized spacial score (nSPS) is 9.93. The van der Waals surface area contributed by atoms with E-state index in [4.69, 9.17) is 5.11 Å². The minimum atomic E-state index is -0.766. The van der Waals surface area contributed by atoms with Gasteiger partial charge in [0.25, 0.3) is 0 Å². The molecule has 0 saturated heterocycles. The van der Waals surface area contributed by atoms with E-state index in [1.807, 2.05) is 0 Å². The quantitative estimate of drug-likeness (QED) is 0.592. The van der Waals surface area contributed by atoms with Crippen LogP contribution in [-0.4, -0.2) is 37.9 Å². The van der Waals surface area contributed by atoms with Crippen molar-refractivity contribution >= 4 is 5.97 Å². The van der Waals surface area contributed by atoms with Crippen molar-refractivity contribution < 1.29 is 24.9 Å². The van der Waals surface area contributed by atoms with E-state index in [1.165, 1.54) is 0 Å². The Balaban J connectivity index is 2.90. The zero-order chi connectivity index (χ0) is 11.4. The van der Waals surface area contributed by atoms with Gasteiger partial charge in [-0.3, -0.25) is 4.79 Å². The maximum absolute atomic E-state index is 11.0. The van der Waals surface area contributed by atoms with Gasteiger partial charge in [-0.2, -0.15) is 9.97 Å². The van der Waals surface area contributed by atoms with E-state index in [0.717, 1.165) is 0 Å². The smallest absolute Gasteiger partial charge is 0.320 e. The molecule has 1 aromatic rings. The summed E-state index contributed by atoms with van der Waals surface area (Å²) in [5.74, 6) is -1.92. The average molecular weight is 214 g/mol. The first-order chi connectivity index (χ1) is 7.04. The fourth-order valence-corrected chi connectivity index (χ4v) is 0.964. The lowest BCUT2D eigenvalue weighted by Crippen LogP contribution is -2.08. The van der Waals surface area contributed by atoms with Crippen LogP contribution in [-0.2, 0) is 16.0 Å². The molecule has 1 aromatic heterocycles. The number of carbonyl (C=O) groups is 1. The summed E-state index contributed by atoms with van der Waals surface area (Å²) in [4.78, 5) is 17.4. The molecule has 1 rings (SSSR count). The molecule has 82 valence electrons. The fourth-order valence-electron chi connectivity index (χ4n) is 0.964. The highest BCUT2D eigenvalue weighted by Crippen LogP contribution is 2.25. The molecule has 0 saturated carbocycles. The molecule has 7 heteroatoms. The SMILES string of the molecule is CCOC(=O)Cc1c(O)nc(O)nc1O. The van der Waals surface area contributed by atoms with Gasteiger partial charge in [-0.25, -0.2) is 0 Å². The lowest BCUT2D eigenvalue weighted by molar-refractivity contribution is -0.142. The van der Waals surface area contributed by atoms with E-state index in [9.17, 15) is 15.0 Å². The molecule has 0 spiro atoms. The summed E-state index contributed by atoms with van der Waals surface area (Å²) in [6.07, 6.45) is -0.355. The van der Waals surface area contributed by atoms with Gasteiger partial charge in [0.15, 0.2) is 0 Å². The van der Waals surface area contributed by atoms with Crippen molar-refractivity contribution in [1.82, 2.24) is 9.97 Å². The van der Waals surface area contributed by atoms with Crippen LogP contribution in [0.25, 0.3) is 0 Å². The Morgan fingerprint density at radius 3 is 2.27 bits per heavy atom. The van der Waals surface area contributed by atoms with Crippen LogP contribution in [0.15, 0.2) is 0 Å². The van der Waals surface area contributed by atoms with Gasteiger partial charge in [0.1, 0.15) is 0 Å². The summed E-state index contributed by atoms with van der Waals surface area (Å²) in [6, 6.07) is -0.766. The van der Waals surface area contributed by atoms with Crippen LogP contribution >= 0.6 is 0 Å². The van der Waals surface area contributed by atoms with Crippen LogP contribution in [0, 0.1) is 0 Å². The van der Waals surface area contributed by atoms with E-state index in [2.05, 4.69) is 14.7 Å². The van der Waals surface area contributed by atoms with Gasteiger partial charge in [-0.05, 0) is 6.92 Å². The second kappa shape index (κ2) is 4.45. The molecule has 3 N–H and O–H groups in total. The van der Waals surface area contributed by atoms with Crippen molar-refractivity contribution in [2.75, 3.05) is 6.61 Å². The second-order valence-electron chi connectivity index (χ2n) is 2.63. The Hall–Kier alpha value is -2.05. The Bertz CT molecular complexity index is 356. The molecule has 0 aliphatic carbocycles. The molecule has 0 unspecified atom stereocenters. The molecule has 0 atom stereocenters. The maximum atomic E-state index is 11.0. The lowest BCUT2D eigenvalue weighted by Gasteiger charge is -2.05. The van der Waals surface area contributed by atoms with Gasteiger partial charge >= 0.3 is 12.0 Å². The predicted octanol–water partition coefficient (Wildman–Crippen LogP) is -0.301. The monoisotopic (exact) mass is 214 g/mol. The van der Waals surface area contributed by atoms with Gasteiger partial charge in [0.2, 0.25) is 11.8 Å². The molecular weight excluding hydrogens is 204 g/mol. The third-order valence-corrected chi connectivity index (χ3v) is 1.58. The van der Waals surface area contributed by atoms with Crippen LogP contribution < -0.4 is 0 Å². The van der Waals surface area contributed by atoms with Gasteiger partial charge < -0.3 is 20.1 Å². The summed E-state index contributed by atoms with van der Waals surface area (Å²) >= 11 is 0. The first kappa shape index (κ1) is 11.0. The van der Waals surface area contributed by atoms with E-state index >= 15 is 0 Å². The van der Waals surface area contributed by atoms with E-state index in [0.29, 0.717) is 0 Å². The first-order valence-electron chi connectivity index (χ1n) is 4.18. The fraction of sp³-hybridized carbons (Fsp3) is 0.375. The second-order valence-corrected chi connectivity index (χ2v) is 2.63. The predicted molar refractivity (Wildman–Crippen MR) is 47.4 cm³/mol. The van der Waals surface area contributed by atoms with Crippen molar-refractivity contribution in [3.05, 3.63) is 5.56 Å². The Morgan fingerprint density at radius 1 is 1.27 bits per heavy atom. The molecule has 0 bridgehead atoms. The van der Waals surface area contributed by atoms with Gasteiger partial charge in [0, 0.05) is 0 Å². The number of hydrogen-bond donors (Lipinski definition) is 3. The van der Waals surface area contributed by atoms with Gasteiger partial charge in [-0.15, -0.1) is 0 Å². The summed E-state index contributed by atoms with van der Waals surface area (Å²) in [5.41, 5.74) is -0.175. The highest BCUT2D eigenvalue weighted by atomic mass is 16.5. The zero-order valence-electron chi connectivity index (χ0n) is 7.97. The lowest BCUT2D eigenvalue weighted by atomic mass is 10.2. The largest absolute Gasteiger partial charge is 0.493 e. The molecule has 1 heterocycles. The molecule has 0 aromatic carbocycles. The first-order valence-corrected chi connectivity index (χ1v) is 4.18. The van der Waals surface area contributed by atoms with Crippen molar-refractivity contribution in [3.63, 3.8) is 0 Å². The molecule has 0 radical (unpaired) electrons. The number of nitrogens with zero attached hydrogens (tertiary/aromatic N) is 2. The molecule has 0 amide bonds. The number of rotatable bonds is 3. The van der Waals surface area contributed by atoms with E-state index in [1.54, 1.807) is 6.92 Å². The van der Waals surface area contributed by atoms with Crippen molar-refractivity contribution in [1.29, 1.82) is 0 Å². The van der Waals surface area contributed by atoms with E-state index in [-0.39, 0.29) is 18.6 Å². The zero-order valence-corrected chi connectivity index (χ0v) is 7.97. The number of aromatic nitrogens is 2. The minimum Gasteiger partial charge on any atom is -0.493 e. The van der Waals surface area contributed by atoms with Crippen molar-refractivity contribution in [2.45, 2.75) is 13.3 Å². The van der Waals surface area contributed by atoms with Crippen LogP contribution in [0.2, 0.25) is 0 Å². The molecular formula is C8H10N2O5. The van der Waals surface area contributed by atoms with Crippen LogP contribution in [0.4, 0.5) is 0 Å². The van der Waals surface area contributed by atoms with Crippen LogP contribution in [0.3, 0.4) is 0 Å². The number of ether oxygens (including phenoxy) is 1. The molecule has 7 nitrogen and oxygen atoms in total. The Labute approximate surface area is 85.0 Å². The van der Waals surface area contributed by atoms with E-state index < -0.39 is 23.7 Å². The highest BCUT2D eigenvalue weighted by molar-refractivity contribution is 5.74. The summed E-state index contributed by atoms with van der Waals surface area (Å²) < 4.78 is 4.61. The van der Waals surface area contributed by atoms with Gasteiger partial charge in [0.05, 0.1) is 18.6 Å². The maximum Gasteiger partial charge on any atom is 0.320 e. The van der Waals surface area contributed by atoms with Crippen molar-refractivity contribution in [2.24, 2.45) is 0 Å². The highest BCUT2D eigenvalue weighted by Gasteiger charge is 2.17. The molecule has 15 heavy (non-hydrogen) atoms. The Morgan fingerprint density at radius 2 is 1.80 bits per heavy atom. The molecule has 0 fully saturated rings. The van der Waals surface area contributed by atoms with Gasteiger partial charge in [-0.1, -0.05) is 0 Å².